The molecular formula is C15H16N4O. The van der Waals surface area contributed by atoms with Crippen LogP contribution in [0.2, 0.25) is 0 Å². The summed E-state index contributed by atoms with van der Waals surface area (Å²) in [4.78, 5) is 12.5. The van der Waals surface area contributed by atoms with E-state index in [1.165, 1.54) is 11.1 Å². The molecule has 1 aromatic carbocycles. The predicted octanol–water partition coefficient (Wildman–Crippen LogP) is 1.73. The topological polar surface area (TPSA) is 51.0 Å². The standard InChI is InChI=1S/C15H16N4O/c1-18-10-15(16-17-18)14-4-2-12(3-5-14)13-6-8-19(11-20)9-7-13/h2-6,10-11H,7-9H2,1H3. The number of hydrogen-bond acceptors (Lipinski definition) is 3. The van der Waals surface area contributed by atoms with Crippen LogP contribution >= 0.6 is 0 Å². The molecule has 5 heteroatoms. The van der Waals surface area contributed by atoms with Gasteiger partial charge in [-0.25, -0.2) is 0 Å². The highest BCUT2D eigenvalue weighted by molar-refractivity contribution is 5.70. The molecule has 2 heterocycles. The highest BCUT2D eigenvalue weighted by atomic mass is 16.1. The summed E-state index contributed by atoms with van der Waals surface area (Å²) >= 11 is 0. The SMILES string of the molecule is Cn1cc(-c2ccc(C3=CCN(C=O)CC3)cc2)nn1. The van der Waals surface area contributed by atoms with Crippen LogP contribution in [0.3, 0.4) is 0 Å². The van der Waals surface area contributed by atoms with Gasteiger partial charge in [0.25, 0.3) is 0 Å². The number of amides is 1. The van der Waals surface area contributed by atoms with E-state index in [9.17, 15) is 4.79 Å². The Morgan fingerprint density at radius 1 is 1.20 bits per heavy atom. The van der Waals surface area contributed by atoms with Crippen LogP contribution in [0.15, 0.2) is 36.5 Å². The van der Waals surface area contributed by atoms with E-state index in [1.807, 2.05) is 13.2 Å². The van der Waals surface area contributed by atoms with E-state index in [4.69, 9.17) is 0 Å². The van der Waals surface area contributed by atoms with Gasteiger partial charge in [-0.15, -0.1) is 5.10 Å². The quantitative estimate of drug-likeness (QED) is 0.797. The van der Waals surface area contributed by atoms with E-state index in [2.05, 4.69) is 40.7 Å². The normalized spacial score (nSPS) is 15.1. The molecule has 0 fully saturated rings. The molecule has 0 radical (unpaired) electrons. The van der Waals surface area contributed by atoms with Crippen LogP contribution in [0.5, 0.6) is 0 Å². The third-order valence-electron chi connectivity index (χ3n) is 3.54. The first-order chi connectivity index (χ1) is 9.76. The van der Waals surface area contributed by atoms with Crippen LogP contribution in [0, 0.1) is 0 Å². The average molecular weight is 268 g/mol. The molecule has 1 amide bonds. The predicted molar refractivity (Wildman–Crippen MR) is 76.7 cm³/mol. The van der Waals surface area contributed by atoms with Gasteiger partial charge in [0.1, 0.15) is 5.69 Å². The van der Waals surface area contributed by atoms with Crippen molar-refractivity contribution in [3.8, 4) is 11.3 Å². The molecule has 0 atom stereocenters. The largest absolute Gasteiger partial charge is 0.341 e. The van der Waals surface area contributed by atoms with Crippen molar-refractivity contribution in [2.45, 2.75) is 6.42 Å². The fraction of sp³-hybridized carbons (Fsp3) is 0.267. The van der Waals surface area contributed by atoms with E-state index >= 15 is 0 Å². The van der Waals surface area contributed by atoms with Crippen molar-refractivity contribution in [3.05, 3.63) is 42.1 Å². The fourth-order valence-corrected chi connectivity index (χ4v) is 2.38. The van der Waals surface area contributed by atoms with Crippen LogP contribution in [-0.4, -0.2) is 39.4 Å². The smallest absolute Gasteiger partial charge is 0.209 e. The molecular weight excluding hydrogens is 252 g/mol. The minimum atomic E-state index is 0.699. The highest BCUT2D eigenvalue weighted by Gasteiger charge is 2.11. The van der Waals surface area contributed by atoms with Crippen LogP contribution in [0.1, 0.15) is 12.0 Å². The van der Waals surface area contributed by atoms with Crippen LogP contribution in [0.25, 0.3) is 16.8 Å². The van der Waals surface area contributed by atoms with Crippen LogP contribution < -0.4 is 0 Å². The lowest BCUT2D eigenvalue weighted by Gasteiger charge is -2.22. The summed E-state index contributed by atoms with van der Waals surface area (Å²) in [7, 11) is 1.86. The van der Waals surface area contributed by atoms with Crippen molar-refractivity contribution in [3.63, 3.8) is 0 Å². The van der Waals surface area contributed by atoms with E-state index in [1.54, 1.807) is 9.58 Å². The summed E-state index contributed by atoms with van der Waals surface area (Å²) in [5, 5.41) is 8.04. The molecule has 1 aliphatic heterocycles. The van der Waals surface area contributed by atoms with Gasteiger partial charge in [-0.2, -0.15) is 0 Å². The number of carbonyl (C=O) groups excluding carboxylic acids is 1. The van der Waals surface area contributed by atoms with Gasteiger partial charge < -0.3 is 4.90 Å². The minimum absolute atomic E-state index is 0.699. The lowest BCUT2D eigenvalue weighted by Crippen LogP contribution is -2.26. The summed E-state index contributed by atoms with van der Waals surface area (Å²) in [5.74, 6) is 0. The maximum atomic E-state index is 10.7. The Labute approximate surface area is 117 Å². The van der Waals surface area contributed by atoms with E-state index in [0.29, 0.717) is 6.54 Å². The monoisotopic (exact) mass is 268 g/mol. The first-order valence-electron chi connectivity index (χ1n) is 6.62. The second kappa shape index (κ2) is 5.28. The van der Waals surface area contributed by atoms with Crippen LogP contribution in [-0.2, 0) is 11.8 Å². The van der Waals surface area contributed by atoms with Crippen molar-refractivity contribution in [2.75, 3.05) is 13.1 Å². The van der Waals surface area contributed by atoms with Crippen molar-refractivity contribution in [2.24, 2.45) is 7.05 Å². The van der Waals surface area contributed by atoms with Crippen molar-refractivity contribution in [1.29, 1.82) is 0 Å². The maximum absolute atomic E-state index is 10.7. The Morgan fingerprint density at radius 3 is 2.50 bits per heavy atom. The third kappa shape index (κ3) is 2.47. The number of hydrogen-bond donors (Lipinski definition) is 0. The molecule has 0 saturated carbocycles. The fourth-order valence-electron chi connectivity index (χ4n) is 2.38. The first kappa shape index (κ1) is 12.6. The number of nitrogens with zero attached hydrogens (tertiary/aromatic N) is 4. The Morgan fingerprint density at radius 2 is 1.95 bits per heavy atom. The molecule has 0 N–H and O–H groups in total. The second-order valence-corrected chi connectivity index (χ2v) is 4.93. The van der Waals surface area contributed by atoms with Crippen LogP contribution in [0.4, 0.5) is 0 Å². The molecule has 3 rings (SSSR count). The van der Waals surface area contributed by atoms with Gasteiger partial charge in [-0.1, -0.05) is 35.6 Å². The van der Waals surface area contributed by atoms with Gasteiger partial charge in [0.2, 0.25) is 6.41 Å². The molecule has 0 unspecified atom stereocenters. The van der Waals surface area contributed by atoms with Gasteiger partial charge in [0.15, 0.2) is 0 Å². The van der Waals surface area contributed by atoms with Gasteiger partial charge in [-0.3, -0.25) is 9.48 Å². The van der Waals surface area contributed by atoms with E-state index in [-0.39, 0.29) is 0 Å². The summed E-state index contributed by atoms with van der Waals surface area (Å²) < 4.78 is 1.70. The summed E-state index contributed by atoms with van der Waals surface area (Å²) in [5.41, 5.74) is 4.45. The molecule has 2 aromatic rings. The van der Waals surface area contributed by atoms with Gasteiger partial charge in [-0.05, 0) is 17.6 Å². The van der Waals surface area contributed by atoms with Crippen molar-refractivity contribution < 1.29 is 4.79 Å². The molecule has 5 nitrogen and oxygen atoms in total. The third-order valence-corrected chi connectivity index (χ3v) is 3.54. The summed E-state index contributed by atoms with van der Waals surface area (Å²) in [6.45, 7) is 1.49. The zero-order valence-corrected chi connectivity index (χ0v) is 11.4. The Kier molecular flexibility index (Phi) is 3.33. The highest BCUT2D eigenvalue weighted by Crippen LogP contribution is 2.24. The first-order valence-corrected chi connectivity index (χ1v) is 6.62. The van der Waals surface area contributed by atoms with Gasteiger partial charge in [0.05, 0.1) is 6.20 Å². The molecule has 0 aliphatic carbocycles. The average Bonchev–Trinajstić information content (AvgIpc) is 2.94. The number of aryl methyl sites for hydroxylation is 1. The lowest BCUT2D eigenvalue weighted by atomic mass is 9.98. The number of carbonyl (C=O) groups is 1. The van der Waals surface area contributed by atoms with Crippen molar-refractivity contribution >= 4 is 12.0 Å². The Bertz CT molecular complexity index is 642. The summed E-state index contributed by atoms with van der Waals surface area (Å²) in [6.07, 6.45) is 5.83. The van der Waals surface area contributed by atoms with Crippen molar-refractivity contribution in [1.82, 2.24) is 19.9 Å². The molecule has 1 aliphatic rings. The molecule has 1 aromatic heterocycles. The van der Waals surface area contributed by atoms with E-state index < -0.39 is 0 Å². The molecule has 20 heavy (non-hydrogen) atoms. The van der Waals surface area contributed by atoms with Gasteiger partial charge >= 0.3 is 0 Å². The zero-order chi connectivity index (χ0) is 13.9. The Balaban J connectivity index is 1.80. The van der Waals surface area contributed by atoms with E-state index in [0.717, 1.165) is 30.6 Å². The number of rotatable bonds is 3. The lowest BCUT2D eigenvalue weighted by molar-refractivity contribution is -0.117. The van der Waals surface area contributed by atoms with Gasteiger partial charge in [0, 0.05) is 25.7 Å². The second-order valence-electron chi connectivity index (χ2n) is 4.93. The summed E-state index contributed by atoms with van der Waals surface area (Å²) in [6, 6.07) is 8.33. The number of benzene rings is 1. The minimum Gasteiger partial charge on any atom is -0.341 e. The molecule has 0 bridgehead atoms. The molecule has 0 spiro atoms. The Hall–Kier alpha value is -2.43. The maximum Gasteiger partial charge on any atom is 0.209 e. The zero-order valence-electron chi connectivity index (χ0n) is 11.4. The molecule has 102 valence electrons. The molecule has 0 saturated heterocycles. The number of aromatic nitrogens is 3.